The Kier molecular flexibility index (Phi) is 8.12. The average Bonchev–Trinajstić information content (AvgIpc) is 3.07. The summed E-state index contributed by atoms with van der Waals surface area (Å²) in [5.41, 5.74) is 0. The standard InChI is InChI=1S/C17H34N4O2/c1-4-18-17(19-12-15-6-5-9-23-15)20-13-16(14(2)3)21-7-10-22-11-8-21/h14-16H,4-13H2,1-3H3,(H2,18,19,20). The van der Waals surface area contributed by atoms with Crippen LogP contribution in [-0.2, 0) is 9.47 Å². The molecule has 0 bridgehead atoms. The van der Waals surface area contributed by atoms with E-state index in [-0.39, 0.29) is 0 Å². The molecule has 2 heterocycles. The molecule has 2 aliphatic rings. The summed E-state index contributed by atoms with van der Waals surface area (Å²) in [5, 5.41) is 6.77. The van der Waals surface area contributed by atoms with E-state index in [9.17, 15) is 0 Å². The lowest BCUT2D eigenvalue weighted by Crippen LogP contribution is -2.48. The minimum absolute atomic E-state index is 0.332. The molecule has 0 radical (unpaired) electrons. The second-order valence-corrected chi connectivity index (χ2v) is 6.70. The molecule has 0 amide bonds. The first-order valence-corrected chi connectivity index (χ1v) is 9.16. The molecule has 2 N–H and O–H groups in total. The number of rotatable bonds is 7. The van der Waals surface area contributed by atoms with Crippen molar-refractivity contribution in [2.75, 3.05) is 52.5 Å². The molecular weight excluding hydrogens is 292 g/mol. The molecule has 0 aromatic heterocycles. The molecular formula is C17H34N4O2. The third-order valence-electron chi connectivity index (χ3n) is 4.59. The Balaban J connectivity index is 1.87. The summed E-state index contributed by atoms with van der Waals surface area (Å²) in [5.74, 6) is 1.49. The molecule has 134 valence electrons. The second kappa shape index (κ2) is 10.1. The molecule has 0 aromatic carbocycles. The largest absolute Gasteiger partial charge is 0.379 e. The van der Waals surface area contributed by atoms with Gasteiger partial charge >= 0.3 is 0 Å². The van der Waals surface area contributed by atoms with Gasteiger partial charge in [0.25, 0.3) is 0 Å². The molecule has 2 unspecified atom stereocenters. The summed E-state index contributed by atoms with van der Waals surface area (Å²) < 4.78 is 11.1. The van der Waals surface area contributed by atoms with E-state index < -0.39 is 0 Å². The van der Waals surface area contributed by atoms with Crippen LogP contribution in [0, 0.1) is 5.92 Å². The van der Waals surface area contributed by atoms with Crippen molar-refractivity contribution in [1.82, 2.24) is 15.5 Å². The van der Waals surface area contributed by atoms with Crippen LogP contribution in [0.4, 0.5) is 0 Å². The lowest BCUT2D eigenvalue weighted by atomic mass is 10.0. The van der Waals surface area contributed by atoms with Gasteiger partial charge in [0.05, 0.1) is 25.9 Å². The van der Waals surface area contributed by atoms with E-state index in [1.54, 1.807) is 0 Å². The number of ether oxygens (including phenoxy) is 2. The second-order valence-electron chi connectivity index (χ2n) is 6.70. The van der Waals surface area contributed by atoms with Crippen molar-refractivity contribution < 1.29 is 9.47 Å². The number of nitrogens with zero attached hydrogens (tertiary/aromatic N) is 2. The van der Waals surface area contributed by atoms with E-state index in [0.717, 1.165) is 64.9 Å². The summed E-state index contributed by atoms with van der Waals surface area (Å²) in [6.07, 6.45) is 2.65. The SMILES string of the molecule is CCNC(=NCC(C(C)C)N1CCOCC1)NCC1CCCO1. The fourth-order valence-corrected chi connectivity index (χ4v) is 3.20. The summed E-state index contributed by atoms with van der Waals surface area (Å²) in [6, 6.07) is 0.470. The number of aliphatic imine (C=N–C) groups is 1. The third kappa shape index (κ3) is 6.28. The van der Waals surface area contributed by atoms with Crippen LogP contribution in [0.15, 0.2) is 4.99 Å². The fraction of sp³-hybridized carbons (Fsp3) is 0.941. The van der Waals surface area contributed by atoms with E-state index in [4.69, 9.17) is 14.5 Å². The van der Waals surface area contributed by atoms with Gasteiger partial charge in [-0.05, 0) is 25.7 Å². The highest BCUT2D eigenvalue weighted by atomic mass is 16.5. The number of nitrogens with one attached hydrogen (secondary N) is 2. The van der Waals surface area contributed by atoms with Crippen LogP contribution in [-0.4, -0.2) is 75.5 Å². The van der Waals surface area contributed by atoms with Crippen molar-refractivity contribution in [3.63, 3.8) is 0 Å². The highest BCUT2D eigenvalue weighted by Gasteiger charge is 2.23. The summed E-state index contributed by atoms with van der Waals surface area (Å²) >= 11 is 0. The minimum atomic E-state index is 0.332. The summed E-state index contributed by atoms with van der Waals surface area (Å²) in [6.45, 7) is 13.8. The van der Waals surface area contributed by atoms with Gasteiger partial charge < -0.3 is 20.1 Å². The van der Waals surface area contributed by atoms with Gasteiger partial charge in [0, 0.05) is 38.8 Å². The first-order chi connectivity index (χ1) is 11.2. The Hall–Kier alpha value is -0.850. The van der Waals surface area contributed by atoms with Crippen LogP contribution in [0.2, 0.25) is 0 Å². The van der Waals surface area contributed by atoms with Crippen LogP contribution < -0.4 is 10.6 Å². The Bertz CT molecular complexity index is 351. The Morgan fingerprint density at radius 2 is 2.00 bits per heavy atom. The highest BCUT2D eigenvalue weighted by Crippen LogP contribution is 2.13. The van der Waals surface area contributed by atoms with Crippen LogP contribution >= 0.6 is 0 Å². The van der Waals surface area contributed by atoms with Crippen molar-refractivity contribution in [3.05, 3.63) is 0 Å². The van der Waals surface area contributed by atoms with Gasteiger partial charge in [0.2, 0.25) is 0 Å². The van der Waals surface area contributed by atoms with Crippen molar-refractivity contribution in [1.29, 1.82) is 0 Å². The predicted molar refractivity (Wildman–Crippen MR) is 94.0 cm³/mol. The van der Waals surface area contributed by atoms with E-state index in [1.165, 1.54) is 6.42 Å². The normalized spacial score (nSPS) is 24.9. The molecule has 6 nitrogen and oxygen atoms in total. The zero-order valence-electron chi connectivity index (χ0n) is 15.0. The molecule has 6 heteroatoms. The average molecular weight is 326 g/mol. The number of morpholine rings is 1. The predicted octanol–water partition coefficient (Wildman–Crippen LogP) is 1.08. The Morgan fingerprint density at radius 3 is 2.61 bits per heavy atom. The molecule has 0 saturated carbocycles. The molecule has 2 atom stereocenters. The number of guanidine groups is 1. The summed E-state index contributed by atoms with van der Waals surface area (Å²) in [7, 11) is 0. The van der Waals surface area contributed by atoms with Crippen LogP contribution in [0.25, 0.3) is 0 Å². The van der Waals surface area contributed by atoms with E-state index in [1.807, 2.05) is 0 Å². The van der Waals surface area contributed by atoms with Crippen LogP contribution in [0.5, 0.6) is 0 Å². The van der Waals surface area contributed by atoms with Crippen molar-refractivity contribution >= 4 is 5.96 Å². The maximum Gasteiger partial charge on any atom is 0.191 e. The molecule has 2 aliphatic heterocycles. The smallest absolute Gasteiger partial charge is 0.191 e. The molecule has 23 heavy (non-hydrogen) atoms. The van der Waals surface area contributed by atoms with Gasteiger partial charge in [-0.2, -0.15) is 0 Å². The fourth-order valence-electron chi connectivity index (χ4n) is 3.20. The van der Waals surface area contributed by atoms with E-state index >= 15 is 0 Å². The lowest BCUT2D eigenvalue weighted by Gasteiger charge is -2.36. The van der Waals surface area contributed by atoms with Gasteiger partial charge in [-0.1, -0.05) is 13.8 Å². The Labute approximate surface area is 141 Å². The monoisotopic (exact) mass is 326 g/mol. The van der Waals surface area contributed by atoms with Gasteiger partial charge in [0.1, 0.15) is 0 Å². The number of hydrogen-bond donors (Lipinski definition) is 2. The Morgan fingerprint density at radius 1 is 1.22 bits per heavy atom. The first-order valence-electron chi connectivity index (χ1n) is 9.16. The maximum atomic E-state index is 5.67. The van der Waals surface area contributed by atoms with Crippen molar-refractivity contribution in [2.24, 2.45) is 10.9 Å². The van der Waals surface area contributed by atoms with Gasteiger partial charge in [0.15, 0.2) is 5.96 Å². The van der Waals surface area contributed by atoms with Gasteiger partial charge in [-0.25, -0.2) is 0 Å². The lowest BCUT2D eigenvalue weighted by molar-refractivity contribution is 0.00866. The highest BCUT2D eigenvalue weighted by molar-refractivity contribution is 5.79. The molecule has 2 rings (SSSR count). The zero-order valence-corrected chi connectivity index (χ0v) is 15.0. The molecule has 2 saturated heterocycles. The van der Waals surface area contributed by atoms with E-state index in [2.05, 4.69) is 36.3 Å². The van der Waals surface area contributed by atoms with Crippen LogP contribution in [0.1, 0.15) is 33.6 Å². The molecule has 0 aliphatic carbocycles. The van der Waals surface area contributed by atoms with Crippen molar-refractivity contribution in [2.45, 2.75) is 45.8 Å². The zero-order chi connectivity index (χ0) is 16.5. The van der Waals surface area contributed by atoms with Crippen molar-refractivity contribution in [3.8, 4) is 0 Å². The minimum Gasteiger partial charge on any atom is -0.379 e. The van der Waals surface area contributed by atoms with Gasteiger partial charge in [-0.3, -0.25) is 9.89 Å². The third-order valence-corrected chi connectivity index (χ3v) is 4.59. The topological polar surface area (TPSA) is 58.1 Å². The quantitative estimate of drug-likeness (QED) is 0.541. The molecule has 2 fully saturated rings. The molecule has 0 spiro atoms. The first kappa shape index (κ1) is 18.5. The van der Waals surface area contributed by atoms with Gasteiger partial charge in [-0.15, -0.1) is 0 Å². The number of hydrogen-bond acceptors (Lipinski definition) is 4. The maximum absolute atomic E-state index is 5.67. The van der Waals surface area contributed by atoms with Crippen LogP contribution in [0.3, 0.4) is 0 Å². The summed E-state index contributed by atoms with van der Waals surface area (Å²) in [4.78, 5) is 7.34. The van der Waals surface area contributed by atoms with E-state index in [0.29, 0.717) is 18.1 Å². The molecule has 0 aromatic rings.